The molecule has 100 valence electrons. The normalized spacial score (nSPS) is 10.6. The van der Waals surface area contributed by atoms with Gasteiger partial charge in [-0.3, -0.25) is 0 Å². The van der Waals surface area contributed by atoms with E-state index in [0.717, 1.165) is 30.6 Å². The first-order valence-corrected chi connectivity index (χ1v) is 6.88. The molecule has 0 spiro atoms. The summed E-state index contributed by atoms with van der Waals surface area (Å²) in [5, 5.41) is 0. The minimum atomic E-state index is 0.887. The van der Waals surface area contributed by atoms with Gasteiger partial charge in [-0.2, -0.15) is 0 Å². The van der Waals surface area contributed by atoms with Crippen LogP contribution in [0.25, 0.3) is 0 Å². The molecule has 0 aliphatic heterocycles. The van der Waals surface area contributed by atoms with Crippen LogP contribution in [-0.2, 0) is 19.3 Å². The van der Waals surface area contributed by atoms with Crippen LogP contribution in [0.3, 0.4) is 0 Å². The second kappa shape index (κ2) is 5.79. The maximum atomic E-state index is 5.94. The summed E-state index contributed by atoms with van der Waals surface area (Å²) in [6, 6.07) is 12.6. The fourth-order valence-corrected chi connectivity index (χ4v) is 2.39. The summed E-state index contributed by atoms with van der Waals surface area (Å²) in [7, 11) is 0. The number of benzene rings is 2. The van der Waals surface area contributed by atoms with Crippen LogP contribution in [0.5, 0.6) is 0 Å². The van der Waals surface area contributed by atoms with Gasteiger partial charge in [-0.15, -0.1) is 0 Å². The molecule has 4 N–H and O–H groups in total. The molecule has 19 heavy (non-hydrogen) atoms. The second-order valence-electron chi connectivity index (χ2n) is 4.95. The zero-order chi connectivity index (χ0) is 13.8. The summed E-state index contributed by atoms with van der Waals surface area (Å²) in [4.78, 5) is 0. The van der Waals surface area contributed by atoms with Crippen LogP contribution in [0.4, 0.5) is 11.4 Å². The van der Waals surface area contributed by atoms with Crippen molar-refractivity contribution in [3.05, 3.63) is 58.7 Å². The minimum Gasteiger partial charge on any atom is -0.399 e. The van der Waals surface area contributed by atoms with Crippen LogP contribution >= 0.6 is 0 Å². The molecule has 0 aromatic heterocycles. The number of anilines is 2. The fourth-order valence-electron chi connectivity index (χ4n) is 2.39. The summed E-state index contributed by atoms with van der Waals surface area (Å²) < 4.78 is 0. The van der Waals surface area contributed by atoms with Gasteiger partial charge in [-0.25, -0.2) is 0 Å². The number of hydrogen-bond donors (Lipinski definition) is 2. The molecule has 0 aliphatic rings. The van der Waals surface area contributed by atoms with Crippen molar-refractivity contribution < 1.29 is 0 Å². The molecule has 2 aromatic rings. The molecule has 2 heteroatoms. The number of hydrogen-bond acceptors (Lipinski definition) is 2. The van der Waals surface area contributed by atoms with Crippen molar-refractivity contribution in [2.24, 2.45) is 0 Å². The Morgan fingerprint density at radius 3 is 1.53 bits per heavy atom. The van der Waals surface area contributed by atoms with Crippen LogP contribution in [0.2, 0.25) is 0 Å². The highest BCUT2D eigenvalue weighted by Crippen LogP contribution is 2.20. The van der Waals surface area contributed by atoms with Gasteiger partial charge in [-0.1, -0.05) is 38.1 Å². The molecule has 2 nitrogen and oxygen atoms in total. The Morgan fingerprint density at radius 2 is 1.16 bits per heavy atom. The van der Waals surface area contributed by atoms with Crippen LogP contribution in [-0.4, -0.2) is 0 Å². The Kier molecular flexibility index (Phi) is 4.10. The highest BCUT2D eigenvalue weighted by Gasteiger charge is 2.03. The Balaban J connectivity index is 2.25. The zero-order valence-corrected chi connectivity index (χ0v) is 11.7. The van der Waals surface area contributed by atoms with Gasteiger partial charge in [0.15, 0.2) is 0 Å². The molecule has 0 atom stereocenters. The lowest BCUT2D eigenvalue weighted by Gasteiger charge is -2.09. The third-order valence-electron chi connectivity index (χ3n) is 3.58. The van der Waals surface area contributed by atoms with Gasteiger partial charge >= 0.3 is 0 Å². The third kappa shape index (κ3) is 3.08. The first-order valence-electron chi connectivity index (χ1n) is 6.88. The van der Waals surface area contributed by atoms with Crippen molar-refractivity contribution in [1.29, 1.82) is 0 Å². The molecule has 0 amide bonds. The molecule has 0 radical (unpaired) electrons. The highest BCUT2D eigenvalue weighted by atomic mass is 14.6. The summed E-state index contributed by atoms with van der Waals surface area (Å²) >= 11 is 0. The largest absolute Gasteiger partial charge is 0.399 e. The SMILES string of the molecule is CCc1cc(Cc2ccc(N)c(CC)c2)ccc1N. The Labute approximate surface area is 115 Å². The van der Waals surface area contributed by atoms with E-state index in [1.165, 1.54) is 22.3 Å². The van der Waals surface area contributed by atoms with Crippen molar-refractivity contribution in [1.82, 2.24) is 0 Å². The third-order valence-corrected chi connectivity index (χ3v) is 3.58. The minimum absolute atomic E-state index is 0.887. The van der Waals surface area contributed by atoms with E-state index < -0.39 is 0 Å². The van der Waals surface area contributed by atoms with Gasteiger partial charge < -0.3 is 11.5 Å². The van der Waals surface area contributed by atoms with Gasteiger partial charge in [0.1, 0.15) is 0 Å². The summed E-state index contributed by atoms with van der Waals surface area (Å²) in [5.41, 5.74) is 18.7. The average molecular weight is 254 g/mol. The highest BCUT2D eigenvalue weighted by molar-refractivity contribution is 5.51. The molecule has 0 bridgehead atoms. The summed E-state index contributed by atoms with van der Waals surface area (Å²) in [6.07, 6.45) is 2.88. The first-order chi connectivity index (χ1) is 9.13. The Hall–Kier alpha value is -1.96. The lowest BCUT2D eigenvalue weighted by Crippen LogP contribution is -1.98. The molecule has 0 heterocycles. The number of nitrogens with two attached hydrogens (primary N) is 2. The molecule has 0 saturated carbocycles. The van der Waals surface area contributed by atoms with Gasteiger partial charge in [0, 0.05) is 11.4 Å². The second-order valence-corrected chi connectivity index (χ2v) is 4.95. The van der Waals surface area contributed by atoms with E-state index in [-0.39, 0.29) is 0 Å². The number of nitrogen functional groups attached to an aromatic ring is 2. The van der Waals surface area contributed by atoms with Crippen LogP contribution in [0.15, 0.2) is 36.4 Å². The standard InChI is InChI=1S/C17H22N2/c1-3-14-10-12(5-7-16(14)18)9-13-6-8-17(19)15(4-2)11-13/h5-8,10-11H,3-4,9,18-19H2,1-2H3. The van der Waals surface area contributed by atoms with Crippen molar-refractivity contribution in [2.45, 2.75) is 33.1 Å². The maximum Gasteiger partial charge on any atom is 0.0346 e. The molecule has 0 fully saturated rings. The van der Waals surface area contributed by atoms with E-state index in [4.69, 9.17) is 11.5 Å². The van der Waals surface area contributed by atoms with Crippen molar-refractivity contribution in [3.8, 4) is 0 Å². The molecule has 0 aliphatic carbocycles. The Morgan fingerprint density at radius 1 is 0.737 bits per heavy atom. The van der Waals surface area contributed by atoms with E-state index in [0.29, 0.717) is 0 Å². The molecule has 2 aromatic carbocycles. The van der Waals surface area contributed by atoms with Gasteiger partial charge in [-0.05, 0) is 53.6 Å². The number of rotatable bonds is 4. The van der Waals surface area contributed by atoms with Crippen molar-refractivity contribution >= 4 is 11.4 Å². The van der Waals surface area contributed by atoms with E-state index >= 15 is 0 Å². The van der Waals surface area contributed by atoms with E-state index in [1.807, 2.05) is 12.1 Å². The topological polar surface area (TPSA) is 52.0 Å². The van der Waals surface area contributed by atoms with E-state index in [1.54, 1.807) is 0 Å². The van der Waals surface area contributed by atoms with Crippen LogP contribution in [0, 0.1) is 0 Å². The van der Waals surface area contributed by atoms with Crippen molar-refractivity contribution in [3.63, 3.8) is 0 Å². The number of aryl methyl sites for hydroxylation is 2. The van der Waals surface area contributed by atoms with Gasteiger partial charge in [0.2, 0.25) is 0 Å². The van der Waals surface area contributed by atoms with Crippen molar-refractivity contribution in [2.75, 3.05) is 11.5 Å². The van der Waals surface area contributed by atoms with Gasteiger partial charge in [0.05, 0.1) is 0 Å². The van der Waals surface area contributed by atoms with Gasteiger partial charge in [0.25, 0.3) is 0 Å². The monoisotopic (exact) mass is 254 g/mol. The summed E-state index contributed by atoms with van der Waals surface area (Å²) in [6.45, 7) is 4.27. The quantitative estimate of drug-likeness (QED) is 0.820. The average Bonchev–Trinajstić information content (AvgIpc) is 2.43. The molecular formula is C17H22N2. The lowest BCUT2D eigenvalue weighted by atomic mass is 9.98. The Bertz CT molecular complexity index is 522. The maximum absolute atomic E-state index is 5.94. The predicted octanol–water partition coefficient (Wildman–Crippen LogP) is 3.57. The first kappa shape index (κ1) is 13.5. The smallest absolute Gasteiger partial charge is 0.0346 e. The predicted molar refractivity (Wildman–Crippen MR) is 83.3 cm³/mol. The molecule has 0 saturated heterocycles. The van der Waals surface area contributed by atoms with Crippen LogP contribution < -0.4 is 11.5 Å². The van der Waals surface area contributed by atoms with Crippen LogP contribution in [0.1, 0.15) is 36.1 Å². The molecule has 0 unspecified atom stereocenters. The molecular weight excluding hydrogens is 232 g/mol. The van der Waals surface area contributed by atoms with E-state index in [9.17, 15) is 0 Å². The molecule has 2 rings (SSSR count). The van der Waals surface area contributed by atoms with E-state index in [2.05, 4.69) is 38.1 Å². The summed E-state index contributed by atoms with van der Waals surface area (Å²) in [5.74, 6) is 0. The zero-order valence-electron chi connectivity index (χ0n) is 11.7. The lowest BCUT2D eigenvalue weighted by molar-refractivity contribution is 1.09. The fraction of sp³-hybridized carbons (Fsp3) is 0.294.